The van der Waals surface area contributed by atoms with E-state index < -0.39 is 9.84 Å². The van der Waals surface area contributed by atoms with Gasteiger partial charge in [-0.05, 0) is 35.9 Å². The fourth-order valence-corrected chi connectivity index (χ4v) is 4.07. The van der Waals surface area contributed by atoms with Crippen molar-refractivity contribution in [1.29, 1.82) is 5.26 Å². The zero-order valence-electron chi connectivity index (χ0n) is 10.7. The van der Waals surface area contributed by atoms with E-state index in [4.69, 9.17) is 34.2 Å². The van der Waals surface area contributed by atoms with Crippen molar-refractivity contribution >= 4 is 38.7 Å². The molecule has 0 saturated carbocycles. The predicted molar refractivity (Wildman–Crippen MR) is 82.9 cm³/mol. The van der Waals surface area contributed by atoms with E-state index in [9.17, 15) is 8.42 Å². The molecule has 2 N–H and O–H groups in total. The third-order valence-electron chi connectivity index (χ3n) is 2.82. The minimum Gasteiger partial charge on any atom is -0.399 e. The van der Waals surface area contributed by atoms with E-state index in [1.807, 2.05) is 6.07 Å². The van der Waals surface area contributed by atoms with Gasteiger partial charge in [0, 0.05) is 10.7 Å². The second-order valence-corrected chi connectivity index (χ2v) is 7.14. The van der Waals surface area contributed by atoms with Gasteiger partial charge in [0.2, 0.25) is 0 Å². The molecule has 0 fully saturated rings. The summed E-state index contributed by atoms with van der Waals surface area (Å²) < 4.78 is 24.8. The maximum atomic E-state index is 12.4. The van der Waals surface area contributed by atoms with Gasteiger partial charge in [0.1, 0.15) is 0 Å². The molecule has 0 radical (unpaired) electrons. The van der Waals surface area contributed by atoms with Crippen molar-refractivity contribution in [3.8, 4) is 6.07 Å². The topological polar surface area (TPSA) is 84.0 Å². The molecule has 0 aliphatic heterocycles. The molecule has 0 atom stereocenters. The molecule has 0 amide bonds. The molecule has 2 aromatic carbocycles. The minimum absolute atomic E-state index is 0.0374. The van der Waals surface area contributed by atoms with E-state index >= 15 is 0 Å². The molecule has 108 valence electrons. The molecule has 0 aromatic heterocycles. The average molecular weight is 341 g/mol. The fourth-order valence-electron chi connectivity index (χ4n) is 1.77. The minimum atomic E-state index is -3.69. The van der Waals surface area contributed by atoms with Crippen molar-refractivity contribution in [3.05, 3.63) is 57.6 Å². The third kappa shape index (κ3) is 3.48. The number of rotatable bonds is 3. The number of benzene rings is 2. The number of nitrogen functional groups attached to an aromatic ring is 1. The molecule has 0 aliphatic rings. The van der Waals surface area contributed by atoms with Gasteiger partial charge >= 0.3 is 0 Å². The standard InChI is InChI=1S/C14H10Cl2N2O2S/c15-12-4-3-11(18)6-14(12)21(19,20)8-10-2-1-9(7-17)5-13(10)16/h1-6H,8,18H2. The lowest BCUT2D eigenvalue weighted by Gasteiger charge is -2.09. The molecule has 2 aromatic rings. The van der Waals surface area contributed by atoms with E-state index in [2.05, 4.69) is 0 Å². The van der Waals surface area contributed by atoms with Crippen LogP contribution in [0.2, 0.25) is 10.0 Å². The fraction of sp³-hybridized carbons (Fsp3) is 0.0714. The highest BCUT2D eigenvalue weighted by molar-refractivity contribution is 7.90. The van der Waals surface area contributed by atoms with Gasteiger partial charge in [0.05, 0.1) is 27.3 Å². The molecule has 0 aliphatic carbocycles. The van der Waals surface area contributed by atoms with Gasteiger partial charge in [0.15, 0.2) is 9.84 Å². The first-order chi connectivity index (χ1) is 9.83. The highest BCUT2D eigenvalue weighted by Crippen LogP contribution is 2.29. The molecule has 0 saturated heterocycles. The molecule has 21 heavy (non-hydrogen) atoms. The second-order valence-electron chi connectivity index (χ2n) is 4.37. The van der Waals surface area contributed by atoms with Crippen LogP contribution in [0.15, 0.2) is 41.3 Å². The highest BCUT2D eigenvalue weighted by Gasteiger charge is 2.20. The first-order valence-electron chi connectivity index (χ1n) is 5.80. The number of nitrogens with two attached hydrogens (primary N) is 1. The van der Waals surface area contributed by atoms with E-state index in [1.165, 1.54) is 36.4 Å². The molecule has 7 heteroatoms. The van der Waals surface area contributed by atoms with E-state index in [-0.39, 0.29) is 20.7 Å². The Labute approximate surface area is 132 Å². The van der Waals surface area contributed by atoms with Crippen LogP contribution in [0.1, 0.15) is 11.1 Å². The summed E-state index contributed by atoms with van der Waals surface area (Å²) in [7, 11) is -3.69. The zero-order valence-corrected chi connectivity index (χ0v) is 13.0. The second kappa shape index (κ2) is 5.94. The molecule has 4 nitrogen and oxygen atoms in total. The van der Waals surface area contributed by atoms with Gasteiger partial charge in [-0.1, -0.05) is 29.3 Å². The maximum Gasteiger partial charge on any atom is 0.184 e. The first kappa shape index (κ1) is 15.6. The molecule has 0 spiro atoms. The van der Waals surface area contributed by atoms with Crippen molar-refractivity contribution in [2.45, 2.75) is 10.6 Å². The van der Waals surface area contributed by atoms with Crippen LogP contribution >= 0.6 is 23.2 Å². The van der Waals surface area contributed by atoms with Crippen LogP contribution < -0.4 is 5.73 Å². The number of nitriles is 1. The summed E-state index contributed by atoms with van der Waals surface area (Å²) >= 11 is 11.9. The van der Waals surface area contributed by atoms with Crippen LogP contribution in [0.4, 0.5) is 5.69 Å². The average Bonchev–Trinajstić information content (AvgIpc) is 2.43. The Bertz CT molecular complexity index is 843. The van der Waals surface area contributed by atoms with E-state index in [0.717, 1.165) is 0 Å². The largest absolute Gasteiger partial charge is 0.399 e. The summed E-state index contributed by atoms with van der Waals surface area (Å²) in [5.74, 6) is -0.319. The quantitative estimate of drug-likeness (QED) is 0.867. The molecule has 0 bridgehead atoms. The van der Waals surface area contributed by atoms with E-state index in [0.29, 0.717) is 16.8 Å². The van der Waals surface area contributed by atoms with Crippen molar-refractivity contribution < 1.29 is 8.42 Å². The predicted octanol–water partition coefficient (Wildman–Crippen LogP) is 3.42. The van der Waals surface area contributed by atoms with Crippen molar-refractivity contribution in [2.24, 2.45) is 0 Å². The summed E-state index contributed by atoms with van der Waals surface area (Å²) in [6.45, 7) is 0. The van der Waals surface area contributed by atoms with Crippen LogP contribution in [-0.2, 0) is 15.6 Å². The van der Waals surface area contributed by atoms with Crippen molar-refractivity contribution in [1.82, 2.24) is 0 Å². The highest BCUT2D eigenvalue weighted by atomic mass is 35.5. The van der Waals surface area contributed by atoms with Crippen LogP contribution in [0.25, 0.3) is 0 Å². The SMILES string of the molecule is N#Cc1ccc(CS(=O)(=O)c2cc(N)ccc2Cl)c(Cl)c1. The lowest BCUT2D eigenvalue weighted by Crippen LogP contribution is -2.07. The van der Waals surface area contributed by atoms with Crippen LogP contribution in [0.3, 0.4) is 0 Å². The Morgan fingerprint density at radius 2 is 1.81 bits per heavy atom. The molecular weight excluding hydrogens is 331 g/mol. The van der Waals surface area contributed by atoms with Crippen LogP contribution in [0, 0.1) is 11.3 Å². The number of hydrogen-bond acceptors (Lipinski definition) is 4. The first-order valence-corrected chi connectivity index (χ1v) is 8.20. The van der Waals surface area contributed by atoms with Gasteiger partial charge in [0.25, 0.3) is 0 Å². The number of hydrogen-bond donors (Lipinski definition) is 1. The van der Waals surface area contributed by atoms with Crippen molar-refractivity contribution in [2.75, 3.05) is 5.73 Å². The Hall–Kier alpha value is -1.74. The summed E-state index contributed by atoms with van der Waals surface area (Å²) in [5, 5.41) is 9.10. The third-order valence-corrected chi connectivity index (χ3v) is 5.31. The Morgan fingerprint density at radius 1 is 1.10 bits per heavy atom. The molecule has 2 rings (SSSR count). The number of nitrogens with zero attached hydrogens (tertiary/aromatic N) is 1. The van der Waals surface area contributed by atoms with Crippen molar-refractivity contribution in [3.63, 3.8) is 0 Å². The summed E-state index contributed by atoms with van der Waals surface area (Å²) in [4.78, 5) is -0.0374. The molecule has 0 heterocycles. The monoisotopic (exact) mass is 340 g/mol. The lowest BCUT2D eigenvalue weighted by molar-refractivity contribution is 0.595. The Morgan fingerprint density at radius 3 is 2.43 bits per heavy atom. The van der Waals surface area contributed by atoms with Gasteiger partial charge < -0.3 is 5.73 Å². The summed E-state index contributed by atoms with van der Waals surface area (Å²) in [6.07, 6.45) is 0. The van der Waals surface area contributed by atoms with E-state index in [1.54, 1.807) is 0 Å². The number of sulfone groups is 1. The van der Waals surface area contributed by atoms with Gasteiger partial charge in [-0.3, -0.25) is 0 Å². The Balaban J connectivity index is 2.43. The van der Waals surface area contributed by atoms with Gasteiger partial charge in [-0.25, -0.2) is 8.42 Å². The van der Waals surface area contributed by atoms with Crippen LogP contribution in [-0.4, -0.2) is 8.42 Å². The van der Waals surface area contributed by atoms with Crippen LogP contribution in [0.5, 0.6) is 0 Å². The summed E-state index contributed by atoms with van der Waals surface area (Å²) in [6, 6.07) is 10.7. The lowest BCUT2D eigenvalue weighted by atomic mass is 10.2. The molecule has 0 unspecified atom stereocenters. The number of halogens is 2. The number of anilines is 1. The normalized spacial score (nSPS) is 11.1. The zero-order chi connectivity index (χ0) is 15.6. The van der Waals surface area contributed by atoms with Gasteiger partial charge in [-0.15, -0.1) is 0 Å². The maximum absolute atomic E-state index is 12.4. The molecular formula is C14H10Cl2N2O2S. The Kier molecular flexibility index (Phi) is 4.43. The smallest absolute Gasteiger partial charge is 0.184 e. The van der Waals surface area contributed by atoms with Gasteiger partial charge in [-0.2, -0.15) is 5.26 Å². The summed E-state index contributed by atoms with van der Waals surface area (Å²) in [5.41, 5.74) is 6.67.